The second kappa shape index (κ2) is 14.5. The number of amides is 3. The fourth-order valence-corrected chi connectivity index (χ4v) is 7.24. The van der Waals surface area contributed by atoms with Gasteiger partial charge in [-0.2, -0.15) is 0 Å². The second-order valence-electron chi connectivity index (χ2n) is 12.3. The van der Waals surface area contributed by atoms with Gasteiger partial charge in [-0.05, 0) is 56.0 Å². The van der Waals surface area contributed by atoms with E-state index in [0.29, 0.717) is 30.7 Å². The van der Waals surface area contributed by atoms with Gasteiger partial charge in [0.2, 0.25) is 11.8 Å². The number of nitrogens with zero attached hydrogens (tertiary/aromatic N) is 2. The number of benzene rings is 2. The van der Waals surface area contributed by atoms with Crippen molar-refractivity contribution in [2.75, 3.05) is 31.8 Å². The topological polar surface area (TPSA) is 135 Å². The Morgan fingerprint density at radius 2 is 1.87 bits per heavy atom. The molecule has 250 valence electrons. The third kappa shape index (κ3) is 6.42. The number of rotatable bonds is 15. The van der Waals surface area contributed by atoms with Crippen LogP contribution in [0.15, 0.2) is 79.9 Å². The average Bonchev–Trinajstić information content (AvgIpc) is 3.75. The van der Waals surface area contributed by atoms with Gasteiger partial charge in [0.25, 0.3) is 5.91 Å². The number of carbonyl (C=O) groups excluding carboxylic acids is 4. The highest BCUT2D eigenvalue weighted by Crippen LogP contribution is 2.59. The fourth-order valence-electron chi connectivity index (χ4n) is 7.24. The summed E-state index contributed by atoms with van der Waals surface area (Å²) in [5.74, 6) is -2.85. The van der Waals surface area contributed by atoms with Crippen LogP contribution in [0.3, 0.4) is 0 Å². The molecule has 0 saturated carbocycles. The Hall–Kier alpha value is -4.48. The highest BCUT2D eigenvalue weighted by Gasteiger charge is 2.75. The first kappa shape index (κ1) is 33.9. The van der Waals surface area contributed by atoms with Gasteiger partial charge in [0, 0.05) is 18.7 Å². The Bertz CT molecular complexity index is 1480. The summed E-state index contributed by atoms with van der Waals surface area (Å²) in [5, 5.41) is 13.2. The highest BCUT2D eigenvalue weighted by atomic mass is 16.5. The van der Waals surface area contributed by atoms with E-state index in [2.05, 4.69) is 18.5 Å². The number of anilines is 1. The molecule has 5 rings (SSSR count). The monoisotopic (exact) mass is 645 g/mol. The Morgan fingerprint density at radius 1 is 1.15 bits per heavy atom. The molecular weight excluding hydrogens is 602 g/mol. The van der Waals surface area contributed by atoms with Crippen molar-refractivity contribution in [3.8, 4) is 5.75 Å². The molecule has 0 aromatic heterocycles. The molecule has 11 nitrogen and oxygen atoms in total. The van der Waals surface area contributed by atoms with Crippen molar-refractivity contribution in [1.29, 1.82) is 0 Å². The van der Waals surface area contributed by atoms with Crippen LogP contribution < -0.4 is 15.0 Å². The minimum absolute atomic E-state index is 0.0963. The maximum Gasteiger partial charge on any atom is 0.306 e. The first-order valence-corrected chi connectivity index (χ1v) is 16.0. The van der Waals surface area contributed by atoms with E-state index in [4.69, 9.17) is 14.2 Å². The molecule has 11 heteroatoms. The van der Waals surface area contributed by atoms with Gasteiger partial charge in [-0.1, -0.05) is 42.5 Å². The van der Waals surface area contributed by atoms with Gasteiger partial charge in [-0.25, -0.2) is 0 Å². The van der Waals surface area contributed by atoms with Gasteiger partial charge in [-0.15, -0.1) is 13.2 Å². The van der Waals surface area contributed by atoms with E-state index in [1.54, 1.807) is 50.5 Å². The number of aliphatic hydroxyl groups excluding tert-OH is 1. The van der Waals surface area contributed by atoms with Gasteiger partial charge in [0.15, 0.2) is 0 Å². The molecule has 47 heavy (non-hydrogen) atoms. The molecule has 0 radical (unpaired) electrons. The smallest absolute Gasteiger partial charge is 0.306 e. The molecule has 1 spiro atoms. The van der Waals surface area contributed by atoms with E-state index >= 15 is 0 Å². The third-order valence-corrected chi connectivity index (χ3v) is 9.46. The fraction of sp³-hybridized carbons (Fsp3) is 0.444. The molecule has 3 aliphatic rings. The molecule has 2 bridgehead atoms. The van der Waals surface area contributed by atoms with Gasteiger partial charge >= 0.3 is 5.97 Å². The summed E-state index contributed by atoms with van der Waals surface area (Å²) in [6, 6.07) is 13.7. The molecule has 3 aliphatic heterocycles. The maximum atomic E-state index is 14.6. The molecule has 0 unspecified atom stereocenters. The number of hydrogen-bond donors (Lipinski definition) is 2. The van der Waals surface area contributed by atoms with Gasteiger partial charge in [0.1, 0.15) is 24.0 Å². The molecule has 2 N–H and O–H groups in total. The standard InChI is InChI=1S/C36H43N3O8/c1-5-7-13-29(41)46-22-27(24-11-9-8-10-12-24)37-33(42)30-28-18-19-36(47-28)31(30)34(43)39(23(3)21-40)32(36)35(44)38(20-6-2)25-14-16-26(45-4)17-15-25/h5-6,8-12,14-17,23,27-28,30-32,40H,1-2,7,13,18-22H2,3-4H3,(H,37,42)/t23-,27+,28+,30-,31-,32+,36-/m1/s1. The zero-order valence-electron chi connectivity index (χ0n) is 26.9. The summed E-state index contributed by atoms with van der Waals surface area (Å²) >= 11 is 0. The Morgan fingerprint density at radius 3 is 2.51 bits per heavy atom. The minimum atomic E-state index is -1.27. The summed E-state index contributed by atoms with van der Waals surface area (Å²) in [7, 11) is 1.55. The molecule has 3 fully saturated rings. The largest absolute Gasteiger partial charge is 0.497 e. The van der Waals surface area contributed by atoms with Gasteiger partial charge in [0.05, 0.1) is 43.7 Å². The van der Waals surface area contributed by atoms with Crippen molar-refractivity contribution < 1.29 is 38.5 Å². The van der Waals surface area contributed by atoms with Crippen LogP contribution in [0.1, 0.15) is 44.2 Å². The lowest BCUT2D eigenvalue weighted by atomic mass is 9.70. The molecule has 2 aromatic rings. The zero-order chi connectivity index (χ0) is 33.7. The maximum absolute atomic E-state index is 14.6. The lowest BCUT2D eigenvalue weighted by molar-refractivity contribution is -0.146. The van der Waals surface area contributed by atoms with Gasteiger partial charge in [-0.3, -0.25) is 19.2 Å². The quantitative estimate of drug-likeness (QED) is 0.223. The average molecular weight is 646 g/mol. The zero-order valence-corrected chi connectivity index (χ0v) is 26.9. The summed E-state index contributed by atoms with van der Waals surface area (Å²) in [6.07, 6.45) is 4.16. The van der Waals surface area contributed by atoms with Crippen molar-refractivity contribution >= 4 is 29.4 Å². The number of esters is 1. The van der Waals surface area contributed by atoms with Crippen molar-refractivity contribution in [3.05, 3.63) is 85.5 Å². The number of methoxy groups -OCH3 is 1. The number of carbonyl (C=O) groups is 4. The number of fused-ring (bicyclic) bond motifs is 1. The summed E-state index contributed by atoms with van der Waals surface area (Å²) in [5.41, 5.74) is 0.0436. The van der Waals surface area contributed by atoms with Crippen LogP contribution in [0, 0.1) is 11.8 Å². The Kier molecular flexibility index (Phi) is 10.5. The highest BCUT2D eigenvalue weighted by molar-refractivity contribution is 6.05. The number of aliphatic hydroxyl groups is 1. The number of ether oxygens (including phenoxy) is 3. The summed E-state index contributed by atoms with van der Waals surface area (Å²) < 4.78 is 17.4. The van der Waals surface area contributed by atoms with Crippen LogP contribution in [0.5, 0.6) is 5.75 Å². The molecule has 3 saturated heterocycles. The van der Waals surface area contributed by atoms with Crippen LogP contribution >= 0.6 is 0 Å². The van der Waals surface area contributed by atoms with Crippen LogP contribution in [0.2, 0.25) is 0 Å². The minimum Gasteiger partial charge on any atom is -0.497 e. The van der Waals surface area contributed by atoms with Crippen molar-refractivity contribution in [1.82, 2.24) is 10.2 Å². The van der Waals surface area contributed by atoms with E-state index in [9.17, 15) is 24.3 Å². The lowest BCUT2D eigenvalue weighted by Gasteiger charge is -2.38. The number of allylic oxidation sites excluding steroid dienone is 1. The van der Waals surface area contributed by atoms with Crippen LogP contribution in [-0.2, 0) is 28.7 Å². The number of hydrogen-bond acceptors (Lipinski definition) is 8. The van der Waals surface area contributed by atoms with Crippen molar-refractivity contribution in [2.24, 2.45) is 11.8 Å². The van der Waals surface area contributed by atoms with Gasteiger partial charge < -0.3 is 34.4 Å². The van der Waals surface area contributed by atoms with Crippen LogP contribution in [-0.4, -0.2) is 84.4 Å². The molecular formula is C36H43N3O8. The van der Waals surface area contributed by atoms with E-state index in [1.165, 1.54) is 9.80 Å². The molecule has 0 aliphatic carbocycles. The third-order valence-electron chi connectivity index (χ3n) is 9.46. The Labute approximate surface area is 275 Å². The predicted molar refractivity (Wildman–Crippen MR) is 174 cm³/mol. The van der Waals surface area contributed by atoms with Crippen molar-refractivity contribution in [2.45, 2.75) is 62.4 Å². The number of likely N-dealkylation sites (tertiary alicyclic amines) is 1. The van der Waals surface area contributed by atoms with E-state index < -0.39 is 59.5 Å². The van der Waals surface area contributed by atoms with Crippen molar-refractivity contribution in [3.63, 3.8) is 0 Å². The first-order valence-electron chi connectivity index (χ1n) is 16.0. The van der Waals surface area contributed by atoms with E-state index in [-0.39, 0.29) is 32.1 Å². The Balaban J connectivity index is 1.45. The number of nitrogens with one attached hydrogen (secondary N) is 1. The summed E-state index contributed by atoms with van der Waals surface area (Å²) in [4.78, 5) is 58.4. The predicted octanol–water partition coefficient (Wildman–Crippen LogP) is 3.34. The normalized spacial score (nSPS) is 25.4. The van der Waals surface area contributed by atoms with Crippen LogP contribution in [0.4, 0.5) is 5.69 Å². The molecule has 3 amide bonds. The second-order valence-corrected chi connectivity index (χ2v) is 12.3. The van der Waals surface area contributed by atoms with Crippen LogP contribution in [0.25, 0.3) is 0 Å². The molecule has 2 aromatic carbocycles. The van der Waals surface area contributed by atoms with E-state index in [1.807, 2.05) is 30.3 Å². The lowest BCUT2D eigenvalue weighted by Crippen LogP contribution is -2.58. The molecule has 7 atom stereocenters. The molecule has 3 heterocycles. The first-order chi connectivity index (χ1) is 22.7. The summed E-state index contributed by atoms with van der Waals surface area (Å²) in [6.45, 7) is 8.83. The van der Waals surface area contributed by atoms with E-state index in [0.717, 1.165) is 5.56 Å². The SMILES string of the molecule is C=CCCC(=O)OC[C@H](NC(=O)[C@@H]1[C@@H]2CC[C@]3(O2)[C@H](C(=O)N(CC=C)c2ccc(OC)cc2)N([C@H](C)CO)C(=O)[C@@H]13)c1ccccc1.